The number of hydrogen-bond donors (Lipinski definition) is 0. The van der Waals surface area contributed by atoms with Gasteiger partial charge in [-0.25, -0.2) is 0 Å². The summed E-state index contributed by atoms with van der Waals surface area (Å²) < 4.78 is 0. The van der Waals surface area contributed by atoms with E-state index in [-0.39, 0.29) is 0 Å². The predicted molar refractivity (Wildman–Crippen MR) is 66.9 cm³/mol. The molecule has 0 bridgehead atoms. The molecular weight excluding hydrogens is 194 g/mol. The van der Waals surface area contributed by atoms with Gasteiger partial charge in [0.25, 0.3) is 0 Å². The largest absolute Gasteiger partial charge is 0.257 e. The minimum Gasteiger partial charge on any atom is -0.257 e. The Hall–Kier alpha value is -0.720. The van der Waals surface area contributed by atoms with E-state index in [2.05, 4.69) is 13.0 Å². The van der Waals surface area contributed by atoms with Crippen molar-refractivity contribution in [3.05, 3.63) is 23.0 Å². The Morgan fingerprint density at radius 3 is 2.50 bits per heavy atom. The molecule has 16 heavy (non-hydrogen) atoms. The lowest BCUT2D eigenvalue weighted by molar-refractivity contribution is 0.256. The fraction of sp³-hybridized carbons (Fsp3) is 0.733. The van der Waals surface area contributed by atoms with Gasteiger partial charge in [-0.2, -0.15) is 0 Å². The van der Waals surface area contributed by atoms with E-state index < -0.39 is 0 Å². The van der Waals surface area contributed by atoms with Gasteiger partial charge in [-0.05, 0) is 50.2 Å². The number of allylic oxidation sites excluding steroid dienone is 4. The van der Waals surface area contributed by atoms with Crippen molar-refractivity contribution >= 4 is 0 Å². The van der Waals surface area contributed by atoms with Crippen LogP contribution < -0.4 is 5.32 Å². The molecule has 0 aromatic carbocycles. The molecule has 2 aliphatic carbocycles. The fourth-order valence-electron chi connectivity index (χ4n) is 3.44. The summed E-state index contributed by atoms with van der Waals surface area (Å²) in [5, 5.41) is 4.95. The van der Waals surface area contributed by atoms with Crippen LogP contribution in [0, 0.1) is 5.41 Å². The minimum absolute atomic E-state index is 0.398. The van der Waals surface area contributed by atoms with E-state index in [1.54, 1.807) is 5.57 Å². The molecule has 1 heteroatoms. The highest BCUT2D eigenvalue weighted by molar-refractivity contribution is 5.40. The maximum absolute atomic E-state index is 4.95. The van der Waals surface area contributed by atoms with Crippen molar-refractivity contribution in [1.82, 2.24) is 5.32 Å². The highest BCUT2D eigenvalue weighted by Crippen LogP contribution is 2.45. The summed E-state index contributed by atoms with van der Waals surface area (Å²) in [5.41, 5.74) is 4.80. The lowest BCUT2D eigenvalue weighted by Crippen LogP contribution is -2.26. The van der Waals surface area contributed by atoms with Crippen LogP contribution >= 0.6 is 0 Å². The van der Waals surface area contributed by atoms with Gasteiger partial charge < -0.3 is 0 Å². The van der Waals surface area contributed by atoms with Gasteiger partial charge in [0, 0.05) is 16.8 Å². The molecule has 1 nitrogen and oxygen atoms in total. The van der Waals surface area contributed by atoms with E-state index in [1.807, 2.05) is 0 Å². The first-order valence-corrected chi connectivity index (χ1v) is 6.94. The van der Waals surface area contributed by atoms with E-state index in [4.69, 9.17) is 5.32 Å². The average molecular weight is 216 g/mol. The van der Waals surface area contributed by atoms with E-state index in [0.29, 0.717) is 5.41 Å². The van der Waals surface area contributed by atoms with Crippen molar-refractivity contribution in [2.75, 3.05) is 0 Å². The van der Waals surface area contributed by atoms with Gasteiger partial charge in [-0.15, -0.1) is 0 Å². The van der Waals surface area contributed by atoms with Crippen LogP contribution in [0.3, 0.4) is 0 Å². The van der Waals surface area contributed by atoms with Crippen LogP contribution in [0.5, 0.6) is 0 Å². The molecule has 0 atom stereocenters. The monoisotopic (exact) mass is 216 g/mol. The molecule has 3 aliphatic rings. The molecule has 0 N–H and O–H groups in total. The van der Waals surface area contributed by atoms with Crippen molar-refractivity contribution < 1.29 is 0 Å². The molecule has 0 saturated heterocycles. The Balaban J connectivity index is 1.78. The molecule has 0 aromatic heterocycles. The zero-order valence-electron chi connectivity index (χ0n) is 10.4. The molecule has 1 heterocycles. The molecule has 0 aromatic rings. The lowest BCUT2D eigenvalue weighted by Gasteiger charge is -2.34. The first kappa shape index (κ1) is 10.4. The third-order valence-corrected chi connectivity index (χ3v) is 4.62. The third kappa shape index (κ3) is 1.70. The molecule has 1 aliphatic heterocycles. The second-order valence-corrected chi connectivity index (χ2v) is 5.94. The Labute approximate surface area is 99.0 Å². The van der Waals surface area contributed by atoms with E-state index in [9.17, 15) is 0 Å². The molecule has 1 saturated carbocycles. The van der Waals surface area contributed by atoms with Crippen molar-refractivity contribution in [3.8, 4) is 0 Å². The third-order valence-electron chi connectivity index (χ3n) is 4.62. The van der Waals surface area contributed by atoms with Crippen LogP contribution in [0.15, 0.2) is 23.0 Å². The Morgan fingerprint density at radius 2 is 1.75 bits per heavy atom. The topological polar surface area (TPSA) is 14.1 Å². The first-order valence-electron chi connectivity index (χ1n) is 6.94. The molecule has 3 rings (SSSR count). The SMILES string of the molecule is CC1(C2=CC3=C(CCCC3)[N]2)CCCCC1. The van der Waals surface area contributed by atoms with Gasteiger partial charge in [-0.1, -0.05) is 26.2 Å². The van der Waals surface area contributed by atoms with Crippen LogP contribution in [-0.2, 0) is 0 Å². The molecular formula is C15H22N. The van der Waals surface area contributed by atoms with Crippen LogP contribution in [0.2, 0.25) is 0 Å². The summed E-state index contributed by atoms with van der Waals surface area (Å²) in [4.78, 5) is 0. The zero-order valence-corrected chi connectivity index (χ0v) is 10.4. The Morgan fingerprint density at radius 1 is 1.00 bits per heavy atom. The average Bonchev–Trinajstić information content (AvgIpc) is 2.74. The zero-order chi connectivity index (χ0) is 11.0. The number of hydrogen-bond acceptors (Lipinski definition) is 0. The standard InChI is InChI=1S/C15H22N/c1-15(9-5-2-6-10-15)14-11-12-7-3-4-8-13(12)16-14/h11H,2-10H2,1H3. The molecule has 1 radical (unpaired) electrons. The molecule has 0 spiro atoms. The maximum Gasteiger partial charge on any atom is 0.0469 e. The van der Waals surface area contributed by atoms with Crippen molar-refractivity contribution in [2.24, 2.45) is 5.41 Å². The van der Waals surface area contributed by atoms with Crippen molar-refractivity contribution in [3.63, 3.8) is 0 Å². The second-order valence-electron chi connectivity index (χ2n) is 5.94. The van der Waals surface area contributed by atoms with E-state index in [1.165, 1.54) is 69.2 Å². The van der Waals surface area contributed by atoms with E-state index >= 15 is 0 Å². The summed E-state index contributed by atoms with van der Waals surface area (Å²) in [6.45, 7) is 2.43. The molecule has 0 unspecified atom stereocenters. The summed E-state index contributed by atoms with van der Waals surface area (Å²) in [6.07, 6.45) is 14.6. The lowest BCUT2D eigenvalue weighted by atomic mass is 9.73. The smallest absolute Gasteiger partial charge is 0.0469 e. The van der Waals surface area contributed by atoms with Gasteiger partial charge in [0.1, 0.15) is 0 Å². The fourth-order valence-corrected chi connectivity index (χ4v) is 3.44. The summed E-state index contributed by atoms with van der Waals surface area (Å²) >= 11 is 0. The second kappa shape index (κ2) is 3.94. The van der Waals surface area contributed by atoms with Gasteiger partial charge in [0.05, 0.1) is 0 Å². The summed E-state index contributed by atoms with van der Waals surface area (Å²) in [5.74, 6) is 0. The van der Waals surface area contributed by atoms with E-state index in [0.717, 1.165) is 0 Å². The van der Waals surface area contributed by atoms with Crippen molar-refractivity contribution in [2.45, 2.75) is 64.7 Å². The van der Waals surface area contributed by atoms with Crippen LogP contribution in [0.25, 0.3) is 0 Å². The molecule has 87 valence electrons. The molecule has 0 amide bonds. The first-order chi connectivity index (χ1) is 7.78. The Kier molecular flexibility index (Phi) is 2.57. The summed E-state index contributed by atoms with van der Waals surface area (Å²) in [6, 6.07) is 0. The van der Waals surface area contributed by atoms with Gasteiger partial charge in [-0.3, -0.25) is 5.32 Å². The maximum atomic E-state index is 4.95. The number of nitrogens with zero attached hydrogens (tertiary/aromatic N) is 1. The van der Waals surface area contributed by atoms with Crippen LogP contribution in [-0.4, -0.2) is 0 Å². The summed E-state index contributed by atoms with van der Waals surface area (Å²) in [7, 11) is 0. The normalized spacial score (nSPS) is 28.4. The van der Waals surface area contributed by atoms with Crippen molar-refractivity contribution in [1.29, 1.82) is 0 Å². The highest BCUT2D eigenvalue weighted by atomic mass is 14.9. The quantitative estimate of drug-likeness (QED) is 0.621. The predicted octanol–water partition coefficient (Wildman–Crippen LogP) is 4.29. The Bertz CT molecular complexity index is 342. The minimum atomic E-state index is 0.398. The van der Waals surface area contributed by atoms with Gasteiger partial charge in [0.15, 0.2) is 0 Å². The van der Waals surface area contributed by atoms with Gasteiger partial charge >= 0.3 is 0 Å². The molecule has 1 fully saturated rings. The van der Waals surface area contributed by atoms with Crippen LogP contribution in [0.4, 0.5) is 0 Å². The highest BCUT2D eigenvalue weighted by Gasteiger charge is 2.35. The van der Waals surface area contributed by atoms with Gasteiger partial charge in [0.2, 0.25) is 0 Å². The van der Waals surface area contributed by atoms with Crippen LogP contribution in [0.1, 0.15) is 64.7 Å². The number of rotatable bonds is 1.